The zero-order valence-corrected chi connectivity index (χ0v) is 16.2. The van der Waals surface area contributed by atoms with Gasteiger partial charge in [-0.3, -0.25) is 0 Å². The largest absolute Gasteiger partial charge is 0.495 e. The molecule has 0 unspecified atom stereocenters. The van der Waals surface area contributed by atoms with E-state index in [4.69, 9.17) is 4.74 Å². The summed E-state index contributed by atoms with van der Waals surface area (Å²) in [6, 6.07) is 38.0. The van der Waals surface area contributed by atoms with Gasteiger partial charge in [-0.05, 0) is 29.3 Å². The molecule has 0 saturated heterocycles. The van der Waals surface area contributed by atoms with Crippen molar-refractivity contribution in [1.82, 2.24) is 4.57 Å². The zero-order chi connectivity index (χ0) is 19.6. The minimum absolute atomic E-state index is 0.852. The lowest BCUT2D eigenvalue weighted by Gasteiger charge is -2.16. The van der Waals surface area contributed by atoms with E-state index in [-0.39, 0.29) is 0 Å². The number of aromatic nitrogens is 1. The average molecular weight is 375 g/mol. The van der Waals surface area contributed by atoms with Crippen LogP contribution in [0.1, 0.15) is 0 Å². The van der Waals surface area contributed by atoms with Gasteiger partial charge in [-0.2, -0.15) is 0 Å². The molecule has 0 aliphatic carbocycles. The smallest absolute Gasteiger partial charge is 0.142 e. The molecule has 0 aliphatic rings. The molecule has 5 aromatic rings. The number of para-hydroxylation sites is 3. The second-order valence-electron chi connectivity index (χ2n) is 6.98. The van der Waals surface area contributed by atoms with E-state index < -0.39 is 0 Å². The maximum Gasteiger partial charge on any atom is 0.142 e. The summed E-state index contributed by atoms with van der Waals surface area (Å²) in [5.41, 5.74) is 6.98. The fourth-order valence-electron chi connectivity index (χ4n) is 4.07. The monoisotopic (exact) mass is 375 g/mol. The maximum atomic E-state index is 5.73. The van der Waals surface area contributed by atoms with Gasteiger partial charge in [0.25, 0.3) is 0 Å². The summed E-state index contributed by atoms with van der Waals surface area (Å²) < 4.78 is 8.06. The average Bonchev–Trinajstić information content (AvgIpc) is 3.15. The van der Waals surface area contributed by atoms with E-state index in [1.165, 1.54) is 27.8 Å². The number of fused-ring (bicyclic) bond motifs is 1. The normalized spacial score (nSPS) is 10.9. The van der Waals surface area contributed by atoms with Gasteiger partial charge in [0.1, 0.15) is 5.75 Å². The summed E-state index contributed by atoms with van der Waals surface area (Å²) in [6.45, 7) is 0. The van der Waals surface area contributed by atoms with Gasteiger partial charge in [0.15, 0.2) is 0 Å². The Morgan fingerprint density at radius 3 is 1.90 bits per heavy atom. The van der Waals surface area contributed by atoms with Gasteiger partial charge in [0, 0.05) is 10.9 Å². The fourth-order valence-corrected chi connectivity index (χ4v) is 4.07. The van der Waals surface area contributed by atoms with Crippen LogP contribution in [0.4, 0.5) is 0 Å². The summed E-state index contributed by atoms with van der Waals surface area (Å²) in [4.78, 5) is 0. The van der Waals surface area contributed by atoms with Gasteiger partial charge >= 0.3 is 0 Å². The van der Waals surface area contributed by atoms with Crippen LogP contribution in [-0.2, 0) is 0 Å². The minimum Gasteiger partial charge on any atom is -0.495 e. The van der Waals surface area contributed by atoms with Crippen LogP contribution in [0, 0.1) is 0 Å². The fraction of sp³-hybridized carbons (Fsp3) is 0.0370. The summed E-state index contributed by atoms with van der Waals surface area (Å²) in [5, 5.41) is 1.23. The number of ether oxygens (including phenoxy) is 1. The highest BCUT2D eigenvalue weighted by molar-refractivity contribution is 6.05. The maximum absolute atomic E-state index is 5.73. The Hall–Kier alpha value is -3.78. The van der Waals surface area contributed by atoms with Crippen molar-refractivity contribution in [2.45, 2.75) is 0 Å². The Morgan fingerprint density at radius 1 is 0.586 bits per heavy atom. The van der Waals surface area contributed by atoms with Crippen LogP contribution in [-0.4, -0.2) is 11.7 Å². The van der Waals surface area contributed by atoms with E-state index in [0.717, 1.165) is 17.0 Å². The van der Waals surface area contributed by atoms with Gasteiger partial charge in [-0.1, -0.05) is 91.0 Å². The Labute approximate surface area is 170 Å². The van der Waals surface area contributed by atoms with Crippen LogP contribution in [0.3, 0.4) is 0 Å². The van der Waals surface area contributed by atoms with Crippen LogP contribution in [0.5, 0.6) is 5.75 Å². The number of hydrogen-bond acceptors (Lipinski definition) is 1. The molecule has 5 rings (SSSR count). The predicted octanol–water partition coefficient (Wildman–Crippen LogP) is 6.97. The first-order valence-electron chi connectivity index (χ1n) is 9.76. The molecule has 140 valence electrons. The molecule has 2 heteroatoms. The van der Waals surface area contributed by atoms with E-state index in [1.54, 1.807) is 7.11 Å². The highest BCUT2D eigenvalue weighted by Crippen LogP contribution is 2.43. The minimum atomic E-state index is 0.852. The third kappa shape index (κ3) is 2.90. The van der Waals surface area contributed by atoms with Crippen molar-refractivity contribution in [2.24, 2.45) is 0 Å². The van der Waals surface area contributed by atoms with E-state index in [0.29, 0.717) is 0 Å². The van der Waals surface area contributed by atoms with E-state index in [9.17, 15) is 0 Å². The Bertz CT molecular complexity index is 1270. The third-order valence-electron chi connectivity index (χ3n) is 5.31. The highest BCUT2D eigenvalue weighted by atomic mass is 16.5. The molecular weight excluding hydrogens is 354 g/mol. The quantitative estimate of drug-likeness (QED) is 0.331. The molecule has 0 saturated carbocycles. The molecule has 0 amide bonds. The SMILES string of the molecule is COc1ccccc1-n1c(-c2ccccc2)c(-c2ccccc2)c2ccccc21. The summed E-state index contributed by atoms with van der Waals surface area (Å²) in [6.07, 6.45) is 0. The second-order valence-corrected chi connectivity index (χ2v) is 6.98. The lowest BCUT2D eigenvalue weighted by molar-refractivity contribution is 0.413. The molecular formula is C27H21NO. The van der Waals surface area contributed by atoms with Crippen molar-refractivity contribution in [3.63, 3.8) is 0 Å². The van der Waals surface area contributed by atoms with Crippen molar-refractivity contribution < 1.29 is 4.74 Å². The molecule has 0 aliphatic heterocycles. The van der Waals surface area contributed by atoms with Gasteiger partial charge in [-0.25, -0.2) is 0 Å². The second kappa shape index (κ2) is 7.33. The van der Waals surface area contributed by atoms with Crippen LogP contribution in [0.25, 0.3) is 39.0 Å². The molecule has 29 heavy (non-hydrogen) atoms. The predicted molar refractivity (Wildman–Crippen MR) is 121 cm³/mol. The van der Waals surface area contributed by atoms with Crippen molar-refractivity contribution in [1.29, 1.82) is 0 Å². The van der Waals surface area contributed by atoms with Gasteiger partial charge < -0.3 is 9.30 Å². The summed E-state index contributed by atoms with van der Waals surface area (Å²) >= 11 is 0. The third-order valence-corrected chi connectivity index (χ3v) is 5.31. The summed E-state index contributed by atoms with van der Waals surface area (Å²) in [5.74, 6) is 0.852. The Kier molecular flexibility index (Phi) is 4.38. The lowest BCUT2D eigenvalue weighted by atomic mass is 9.98. The van der Waals surface area contributed by atoms with Crippen molar-refractivity contribution >= 4 is 10.9 Å². The standard InChI is InChI=1S/C27H21NO/c1-29-25-19-11-10-18-24(25)28-23-17-9-8-16-22(23)26(20-12-4-2-5-13-20)27(28)21-14-6-3-7-15-21/h2-19H,1H3. The molecule has 0 bridgehead atoms. The number of nitrogens with zero attached hydrogens (tertiary/aromatic N) is 1. The highest BCUT2D eigenvalue weighted by Gasteiger charge is 2.22. The lowest BCUT2D eigenvalue weighted by Crippen LogP contribution is -2.00. The number of rotatable bonds is 4. The molecule has 0 fully saturated rings. The number of methoxy groups -OCH3 is 1. The van der Waals surface area contributed by atoms with Crippen LogP contribution >= 0.6 is 0 Å². The van der Waals surface area contributed by atoms with E-state index >= 15 is 0 Å². The van der Waals surface area contributed by atoms with Crippen LogP contribution < -0.4 is 4.74 Å². The van der Waals surface area contributed by atoms with Crippen LogP contribution in [0.15, 0.2) is 109 Å². The van der Waals surface area contributed by atoms with E-state index in [1.807, 2.05) is 12.1 Å². The van der Waals surface area contributed by atoms with Crippen molar-refractivity contribution in [3.8, 4) is 33.8 Å². The van der Waals surface area contributed by atoms with E-state index in [2.05, 4.69) is 102 Å². The van der Waals surface area contributed by atoms with Gasteiger partial charge in [0.2, 0.25) is 0 Å². The molecule has 2 nitrogen and oxygen atoms in total. The Balaban J connectivity index is 1.98. The molecule has 1 aromatic heterocycles. The zero-order valence-electron chi connectivity index (χ0n) is 16.2. The topological polar surface area (TPSA) is 14.2 Å². The van der Waals surface area contributed by atoms with Crippen molar-refractivity contribution in [2.75, 3.05) is 7.11 Å². The molecule has 0 spiro atoms. The molecule has 0 atom stereocenters. The molecule has 1 heterocycles. The Morgan fingerprint density at radius 2 is 1.17 bits per heavy atom. The molecule has 0 radical (unpaired) electrons. The van der Waals surface area contributed by atoms with Gasteiger partial charge in [-0.15, -0.1) is 0 Å². The summed E-state index contributed by atoms with van der Waals surface area (Å²) in [7, 11) is 1.73. The van der Waals surface area contributed by atoms with Gasteiger partial charge in [0.05, 0.1) is 24.0 Å². The first-order chi connectivity index (χ1) is 14.4. The first-order valence-corrected chi connectivity index (χ1v) is 9.76. The number of benzene rings is 4. The molecule has 4 aromatic carbocycles. The van der Waals surface area contributed by atoms with Crippen molar-refractivity contribution in [3.05, 3.63) is 109 Å². The first kappa shape index (κ1) is 17.3. The number of hydrogen-bond donors (Lipinski definition) is 0. The van der Waals surface area contributed by atoms with Crippen LogP contribution in [0.2, 0.25) is 0 Å². The molecule has 0 N–H and O–H groups in total.